The Balaban J connectivity index is 1.77. The number of hydrogen-bond acceptors (Lipinski definition) is 9. The van der Waals surface area contributed by atoms with Gasteiger partial charge in [0.15, 0.2) is 17.7 Å². The van der Waals surface area contributed by atoms with Crippen LogP contribution in [-0.2, 0) is 17.7 Å². The fraction of sp³-hybridized carbons (Fsp3) is 0.773. The van der Waals surface area contributed by atoms with E-state index in [1.807, 2.05) is 4.57 Å². The van der Waals surface area contributed by atoms with Crippen LogP contribution in [0.4, 0.5) is 5.82 Å². The molecule has 2 saturated heterocycles. The van der Waals surface area contributed by atoms with Gasteiger partial charge in [-0.1, -0.05) is 55.4 Å². The van der Waals surface area contributed by atoms with Crippen LogP contribution in [0.1, 0.15) is 61.6 Å². The molecule has 0 saturated carbocycles. The van der Waals surface area contributed by atoms with Gasteiger partial charge in [-0.2, -0.15) is 0 Å². The van der Waals surface area contributed by atoms with Crippen LogP contribution < -0.4 is 11.5 Å². The number of hydrogen-bond donors (Lipinski definition) is 2. The van der Waals surface area contributed by atoms with Crippen LogP contribution in [0, 0.1) is 0 Å². The molecule has 2 aliphatic rings. The molecule has 0 aromatic carbocycles. The average molecular weight is 509 g/mol. The molecular formula is C22H40N6O4Si2. The third kappa shape index (κ3) is 3.92. The van der Waals surface area contributed by atoms with Crippen molar-refractivity contribution in [3.63, 3.8) is 0 Å². The lowest BCUT2D eigenvalue weighted by Gasteiger charge is -2.51. The number of anilines is 1. The minimum atomic E-state index is -2.78. The summed E-state index contributed by atoms with van der Waals surface area (Å²) in [5.74, 6) is 0.324. The first-order valence-corrected chi connectivity index (χ1v) is 16.2. The molecule has 2 aromatic rings. The molecule has 12 heteroatoms. The number of nitrogens with two attached hydrogens (primary N) is 2. The van der Waals surface area contributed by atoms with Gasteiger partial charge in [0.2, 0.25) is 0 Å². The number of imidazole rings is 1. The van der Waals surface area contributed by atoms with E-state index >= 15 is 0 Å². The van der Waals surface area contributed by atoms with Crippen molar-refractivity contribution >= 4 is 34.1 Å². The molecule has 4 heterocycles. The number of nitrogens with zero attached hydrogens (tertiary/aromatic N) is 4. The van der Waals surface area contributed by atoms with Crippen LogP contribution >= 0.6 is 0 Å². The van der Waals surface area contributed by atoms with E-state index in [1.165, 1.54) is 6.33 Å². The fourth-order valence-corrected chi connectivity index (χ4v) is 16.7. The van der Waals surface area contributed by atoms with E-state index in [-0.39, 0.29) is 34.4 Å². The highest BCUT2D eigenvalue weighted by molar-refractivity contribution is 6.84. The molecule has 4 rings (SSSR count). The van der Waals surface area contributed by atoms with Crippen LogP contribution in [0.3, 0.4) is 0 Å². The Morgan fingerprint density at radius 1 is 0.941 bits per heavy atom. The van der Waals surface area contributed by atoms with E-state index in [9.17, 15) is 0 Å². The zero-order valence-electron chi connectivity index (χ0n) is 21.6. The average Bonchev–Trinajstić information content (AvgIpc) is 3.29. The second-order valence-corrected chi connectivity index (χ2v) is 19.6. The Morgan fingerprint density at radius 3 is 2.15 bits per heavy atom. The van der Waals surface area contributed by atoms with Crippen molar-refractivity contribution in [1.82, 2.24) is 19.5 Å². The fourth-order valence-electron chi connectivity index (χ4n) is 5.49. The predicted octanol–water partition coefficient (Wildman–Crippen LogP) is 3.59. The second kappa shape index (κ2) is 9.23. The Morgan fingerprint density at radius 2 is 1.56 bits per heavy atom. The first-order chi connectivity index (χ1) is 15.9. The highest BCUT2D eigenvalue weighted by Gasteiger charge is 2.61. The van der Waals surface area contributed by atoms with E-state index in [1.54, 1.807) is 6.33 Å². The molecule has 0 radical (unpaired) electrons. The van der Waals surface area contributed by atoms with Gasteiger partial charge in [0.25, 0.3) is 0 Å². The number of aromatic nitrogens is 4. The molecule has 0 spiro atoms. The van der Waals surface area contributed by atoms with Crippen molar-refractivity contribution in [3.05, 3.63) is 12.7 Å². The van der Waals surface area contributed by atoms with Gasteiger partial charge in [0, 0.05) is 0 Å². The van der Waals surface area contributed by atoms with E-state index in [0.29, 0.717) is 23.6 Å². The van der Waals surface area contributed by atoms with Gasteiger partial charge < -0.3 is 29.2 Å². The smallest absolute Gasteiger partial charge is 0.335 e. The maximum Gasteiger partial charge on any atom is 0.335 e. The summed E-state index contributed by atoms with van der Waals surface area (Å²) in [5, 5.41) is 0. The van der Waals surface area contributed by atoms with Crippen molar-refractivity contribution in [2.45, 2.75) is 102 Å². The maximum atomic E-state index is 7.25. The SMILES string of the molecule is CC(C)[Si]1(C(C)C)OC[C@@H]2O[C@@H](n3cnc4c(N)ncnc43)[C@@H](N)[C@H]2O[Si](C(C)C)(C(C)C)O1. The molecule has 4 N–H and O–H groups in total. The van der Waals surface area contributed by atoms with Gasteiger partial charge >= 0.3 is 17.1 Å². The molecule has 2 aromatic heterocycles. The summed E-state index contributed by atoms with van der Waals surface area (Å²) in [6.45, 7) is 18.0. The molecule has 2 aliphatic heterocycles. The standard InChI is InChI=1S/C22H40N6O4Si2/c1-12(2)33(13(3)4)29-9-16-19(31-34(32-33,14(5)6)15(7)8)17(23)22(30-16)28-11-27-18-20(24)25-10-26-21(18)28/h10-17,19,22H,9,23H2,1-8H3,(H2,24,25,26)/t16-,17-,19-,22+/m0/s1. The lowest BCUT2D eigenvalue weighted by molar-refractivity contribution is -0.0546. The van der Waals surface area contributed by atoms with Crippen LogP contribution in [-0.4, -0.2) is 61.5 Å². The third-order valence-electron chi connectivity index (χ3n) is 7.38. The summed E-state index contributed by atoms with van der Waals surface area (Å²) in [7, 11) is -5.42. The maximum absolute atomic E-state index is 7.25. The highest BCUT2D eigenvalue weighted by Crippen LogP contribution is 2.48. The molecule has 0 unspecified atom stereocenters. The summed E-state index contributed by atoms with van der Waals surface area (Å²) < 4.78 is 29.5. The first-order valence-electron chi connectivity index (χ1n) is 12.3. The molecule has 10 nitrogen and oxygen atoms in total. The summed E-state index contributed by atoms with van der Waals surface area (Å²) in [6.07, 6.45) is 1.87. The molecule has 0 aliphatic carbocycles. The second-order valence-electron chi connectivity index (χ2n) is 10.8. The Labute approximate surface area is 204 Å². The van der Waals surface area contributed by atoms with Crippen molar-refractivity contribution in [2.24, 2.45) is 5.73 Å². The number of fused-ring (bicyclic) bond motifs is 2. The van der Waals surface area contributed by atoms with E-state index < -0.39 is 29.4 Å². The van der Waals surface area contributed by atoms with Crippen molar-refractivity contribution in [3.8, 4) is 0 Å². The zero-order chi connectivity index (χ0) is 25.0. The Kier molecular flexibility index (Phi) is 6.97. The van der Waals surface area contributed by atoms with Crippen LogP contribution in [0.15, 0.2) is 12.7 Å². The van der Waals surface area contributed by atoms with Gasteiger partial charge in [-0.25, -0.2) is 15.0 Å². The van der Waals surface area contributed by atoms with Crippen molar-refractivity contribution in [1.29, 1.82) is 0 Å². The minimum absolute atomic E-state index is 0.215. The van der Waals surface area contributed by atoms with Gasteiger partial charge in [-0.05, 0) is 22.2 Å². The summed E-state index contributed by atoms with van der Waals surface area (Å²) in [4.78, 5) is 12.8. The molecule has 190 valence electrons. The van der Waals surface area contributed by atoms with E-state index in [0.717, 1.165) is 0 Å². The molecule has 2 fully saturated rings. The monoisotopic (exact) mass is 508 g/mol. The predicted molar refractivity (Wildman–Crippen MR) is 135 cm³/mol. The highest BCUT2D eigenvalue weighted by atomic mass is 28.5. The Bertz CT molecular complexity index is 1000. The Hall–Kier alpha value is -1.42. The normalized spacial score (nSPS) is 29.2. The lowest BCUT2D eigenvalue weighted by atomic mass is 10.1. The van der Waals surface area contributed by atoms with Crippen LogP contribution in [0.5, 0.6) is 0 Å². The molecule has 4 atom stereocenters. The van der Waals surface area contributed by atoms with Gasteiger partial charge in [-0.15, -0.1) is 0 Å². The molecular weight excluding hydrogens is 468 g/mol. The number of rotatable bonds is 5. The molecule has 0 amide bonds. The van der Waals surface area contributed by atoms with Crippen molar-refractivity contribution in [2.75, 3.05) is 12.3 Å². The van der Waals surface area contributed by atoms with Gasteiger partial charge in [0.05, 0.1) is 25.1 Å². The first kappa shape index (κ1) is 25.7. The minimum Gasteiger partial charge on any atom is -0.414 e. The molecule has 34 heavy (non-hydrogen) atoms. The number of nitrogen functional groups attached to an aromatic ring is 1. The lowest BCUT2D eigenvalue weighted by Crippen LogP contribution is -2.66. The van der Waals surface area contributed by atoms with Crippen molar-refractivity contribution < 1.29 is 17.7 Å². The summed E-state index contributed by atoms with van der Waals surface area (Å²) in [6, 6.07) is -0.456. The summed E-state index contributed by atoms with van der Waals surface area (Å²) in [5.41, 5.74) is 14.9. The number of ether oxygens (including phenoxy) is 1. The van der Waals surface area contributed by atoms with Crippen LogP contribution in [0.25, 0.3) is 11.2 Å². The zero-order valence-corrected chi connectivity index (χ0v) is 23.6. The topological polar surface area (TPSA) is 133 Å². The largest absolute Gasteiger partial charge is 0.414 e. The van der Waals surface area contributed by atoms with Gasteiger partial charge in [0.1, 0.15) is 17.9 Å². The summed E-state index contributed by atoms with van der Waals surface area (Å²) >= 11 is 0. The third-order valence-corrected chi connectivity index (χ3v) is 17.6. The van der Waals surface area contributed by atoms with Gasteiger partial charge in [-0.3, -0.25) is 4.57 Å². The van der Waals surface area contributed by atoms with Crippen LogP contribution in [0.2, 0.25) is 22.2 Å². The van der Waals surface area contributed by atoms with E-state index in [4.69, 9.17) is 29.2 Å². The van der Waals surface area contributed by atoms with E-state index in [2.05, 4.69) is 70.3 Å². The molecule has 0 bridgehead atoms. The quantitative estimate of drug-likeness (QED) is 0.581.